The van der Waals surface area contributed by atoms with Gasteiger partial charge in [0.1, 0.15) is 6.61 Å². The summed E-state index contributed by atoms with van der Waals surface area (Å²) in [5.74, 6) is 3.18. The monoisotopic (exact) mass is 535 g/mol. The van der Waals surface area contributed by atoms with Crippen molar-refractivity contribution in [3.8, 4) is 11.5 Å². The molecule has 0 radical (unpaired) electrons. The van der Waals surface area contributed by atoms with E-state index in [9.17, 15) is 0 Å². The molecule has 9 nitrogen and oxygen atoms in total. The van der Waals surface area contributed by atoms with Crippen molar-refractivity contribution in [1.29, 1.82) is 0 Å². The van der Waals surface area contributed by atoms with Gasteiger partial charge in [-0.3, -0.25) is 0 Å². The summed E-state index contributed by atoms with van der Waals surface area (Å²) in [7, 11) is 1.62. The zero-order chi connectivity index (χ0) is 26.2. The minimum atomic E-state index is 0.417. The van der Waals surface area contributed by atoms with Gasteiger partial charge in [0.2, 0.25) is 17.8 Å². The van der Waals surface area contributed by atoms with Crippen molar-refractivity contribution >= 4 is 35.7 Å². The van der Waals surface area contributed by atoms with E-state index in [1.54, 1.807) is 13.3 Å². The minimum absolute atomic E-state index is 0.417. The van der Waals surface area contributed by atoms with Crippen molar-refractivity contribution in [1.82, 2.24) is 15.0 Å². The number of piperidine rings is 2. The molecule has 0 aliphatic carbocycles. The van der Waals surface area contributed by atoms with Crippen LogP contribution in [0.4, 0.5) is 17.8 Å². The molecule has 200 valence electrons. The Labute approximate surface area is 228 Å². The predicted molar refractivity (Wildman–Crippen MR) is 152 cm³/mol. The molecule has 0 atom stereocenters. The molecule has 3 heterocycles. The van der Waals surface area contributed by atoms with Gasteiger partial charge in [-0.1, -0.05) is 23.7 Å². The Morgan fingerprint density at radius 2 is 1.47 bits per heavy atom. The molecule has 2 aliphatic rings. The van der Waals surface area contributed by atoms with Crippen molar-refractivity contribution in [2.24, 2.45) is 5.10 Å². The molecule has 0 bridgehead atoms. The SMILES string of the molecule is COc1cc(/C=N/Nc2nc(N3CCCCC3)nc(N3CCCCC3)n2)ccc1OCc1ccc(Cl)cc1. The number of aromatic nitrogens is 3. The Kier molecular flexibility index (Phi) is 8.75. The lowest BCUT2D eigenvalue weighted by Gasteiger charge is -2.30. The van der Waals surface area contributed by atoms with Gasteiger partial charge in [-0.05, 0) is 80.0 Å². The molecule has 10 heteroatoms. The van der Waals surface area contributed by atoms with E-state index in [1.807, 2.05) is 42.5 Å². The molecule has 0 unspecified atom stereocenters. The van der Waals surface area contributed by atoms with Crippen LogP contribution in [-0.4, -0.2) is 54.5 Å². The zero-order valence-corrected chi connectivity index (χ0v) is 22.5. The fraction of sp³-hybridized carbons (Fsp3) is 0.429. The lowest BCUT2D eigenvalue weighted by atomic mass is 10.1. The first-order valence-electron chi connectivity index (χ1n) is 13.3. The first kappa shape index (κ1) is 26.0. The number of rotatable bonds is 9. The largest absolute Gasteiger partial charge is 0.493 e. The van der Waals surface area contributed by atoms with E-state index in [-0.39, 0.29) is 0 Å². The Bertz CT molecular complexity index is 1190. The third-order valence-electron chi connectivity index (χ3n) is 6.76. The zero-order valence-electron chi connectivity index (χ0n) is 21.8. The Morgan fingerprint density at radius 3 is 2.08 bits per heavy atom. The summed E-state index contributed by atoms with van der Waals surface area (Å²) in [6.07, 6.45) is 8.87. The summed E-state index contributed by atoms with van der Waals surface area (Å²) in [4.78, 5) is 18.7. The summed E-state index contributed by atoms with van der Waals surface area (Å²) in [5.41, 5.74) is 4.91. The molecule has 0 saturated carbocycles. The standard InChI is InChI=1S/C28H34ClN7O2/c1-37-25-18-22(10-13-24(25)38-20-21-8-11-23(29)12-9-21)19-30-34-26-31-27(35-14-4-2-5-15-35)33-28(32-26)36-16-6-3-7-17-36/h8-13,18-19H,2-7,14-17,20H2,1H3,(H,31,32,33,34)/b30-19+. The molecule has 2 aliphatic heterocycles. The number of ether oxygens (including phenoxy) is 2. The van der Waals surface area contributed by atoms with Crippen LogP contribution in [0.5, 0.6) is 11.5 Å². The number of anilines is 3. The maximum Gasteiger partial charge on any atom is 0.250 e. The predicted octanol–water partition coefficient (Wildman–Crippen LogP) is 5.54. The number of methoxy groups -OCH3 is 1. The highest BCUT2D eigenvalue weighted by Crippen LogP contribution is 2.29. The molecular formula is C28H34ClN7O2. The lowest BCUT2D eigenvalue weighted by Crippen LogP contribution is -2.34. The van der Waals surface area contributed by atoms with Crippen molar-refractivity contribution in [2.45, 2.75) is 45.1 Å². The maximum atomic E-state index is 5.97. The Balaban J connectivity index is 1.28. The number of hydrogen-bond acceptors (Lipinski definition) is 9. The van der Waals surface area contributed by atoms with E-state index in [1.165, 1.54) is 12.8 Å². The molecule has 1 N–H and O–H groups in total. The van der Waals surface area contributed by atoms with Gasteiger partial charge in [0.25, 0.3) is 0 Å². The Morgan fingerprint density at radius 1 is 0.842 bits per heavy atom. The fourth-order valence-electron chi connectivity index (χ4n) is 4.66. The fourth-order valence-corrected chi connectivity index (χ4v) is 4.79. The van der Waals surface area contributed by atoms with E-state index in [0.29, 0.717) is 29.1 Å². The summed E-state index contributed by atoms with van der Waals surface area (Å²) < 4.78 is 11.5. The van der Waals surface area contributed by atoms with Crippen LogP contribution >= 0.6 is 11.6 Å². The van der Waals surface area contributed by atoms with Gasteiger partial charge >= 0.3 is 0 Å². The second-order valence-corrected chi connectivity index (χ2v) is 9.99. The van der Waals surface area contributed by atoms with Crippen LogP contribution in [0.3, 0.4) is 0 Å². The number of hydrazone groups is 1. The van der Waals surface area contributed by atoms with Gasteiger partial charge in [-0.25, -0.2) is 5.43 Å². The molecule has 2 aromatic carbocycles. The van der Waals surface area contributed by atoms with Crippen LogP contribution in [0.25, 0.3) is 0 Å². The Hall–Kier alpha value is -3.59. The summed E-state index contributed by atoms with van der Waals surface area (Å²) in [6.45, 7) is 4.30. The van der Waals surface area contributed by atoms with E-state index in [4.69, 9.17) is 26.1 Å². The number of halogens is 1. The molecule has 0 spiro atoms. The van der Waals surface area contributed by atoms with Crippen LogP contribution in [0.2, 0.25) is 5.02 Å². The number of nitrogens with one attached hydrogen (secondary N) is 1. The highest BCUT2D eigenvalue weighted by Gasteiger charge is 2.20. The molecule has 5 rings (SSSR count). The van der Waals surface area contributed by atoms with Crippen LogP contribution in [0.1, 0.15) is 49.7 Å². The van der Waals surface area contributed by atoms with Crippen LogP contribution in [0.15, 0.2) is 47.6 Å². The van der Waals surface area contributed by atoms with Gasteiger partial charge in [-0.15, -0.1) is 0 Å². The van der Waals surface area contributed by atoms with Gasteiger partial charge < -0.3 is 19.3 Å². The average Bonchev–Trinajstić information content (AvgIpc) is 2.98. The first-order valence-corrected chi connectivity index (χ1v) is 13.7. The van der Waals surface area contributed by atoms with Crippen molar-refractivity contribution in [2.75, 3.05) is 48.5 Å². The lowest BCUT2D eigenvalue weighted by molar-refractivity contribution is 0.284. The summed E-state index contributed by atoms with van der Waals surface area (Å²) in [6, 6.07) is 13.3. The molecule has 2 saturated heterocycles. The second kappa shape index (κ2) is 12.8. The van der Waals surface area contributed by atoms with Gasteiger partial charge in [0, 0.05) is 31.2 Å². The number of nitrogens with zero attached hydrogens (tertiary/aromatic N) is 6. The van der Waals surface area contributed by atoms with Crippen LogP contribution in [-0.2, 0) is 6.61 Å². The molecule has 2 fully saturated rings. The first-order chi connectivity index (χ1) is 18.7. The molecule has 3 aromatic rings. The molecule has 38 heavy (non-hydrogen) atoms. The second-order valence-electron chi connectivity index (χ2n) is 9.55. The summed E-state index contributed by atoms with van der Waals surface area (Å²) in [5, 5.41) is 5.12. The van der Waals surface area contributed by atoms with Crippen molar-refractivity contribution in [3.05, 3.63) is 58.6 Å². The average molecular weight is 536 g/mol. The third kappa shape index (κ3) is 6.83. The minimum Gasteiger partial charge on any atom is -0.493 e. The highest BCUT2D eigenvalue weighted by atomic mass is 35.5. The summed E-state index contributed by atoms with van der Waals surface area (Å²) >= 11 is 5.97. The molecule has 1 aromatic heterocycles. The number of hydrogen-bond donors (Lipinski definition) is 1. The quantitative estimate of drug-likeness (QED) is 0.282. The van der Waals surface area contributed by atoms with E-state index in [2.05, 4.69) is 30.3 Å². The smallest absolute Gasteiger partial charge is 0.250 e. The normalized spacial score (nSPS) is 16.1. The van der Waals surface area contributed by atoms with Gasteiger partial charge in [-0.2, -0.15) is 20.1 Å². The van der Waals surface area contributed by atoms with Crippen LogP contribution in [0, 0.1) is 0 Å². The highest BCUT2D eigenvalue weighted by molar-refractivity contribution is 6.30. The van der Waals surface area contributed by atoms with Gasteiger partial charge in [0.15, 0.2) is 11.5 Å². The van der Waals surface area contributed by atoms with Crippen molar-refractivity contribution in [3.63, 3.8) is 0 Å². The topological polar surface area (TPSA) is 88.0 Å². The van der Waals surface area contributed by atoms with Crippen LogP contribution < -0.4 is 24.7 Å². The van der Waals surface area contributed by atoms with Crippen molar-refractivity contribution < 1.29 is 9.47 Å². The van der Waals surface area contributed by atoms with Gasteiger partial charge in [0.05, 0.1) is 13.3 Å². The third-order valence-corrected chi connectivity index (χ3v) is 7.02. The van der Waals surface area contributed by atoms with E-state index >= 15 is 0 Å². The maximum absolute atomic E-state index is 5.97. The molecular weight excluding hydrogens is 502 g/mol. The van der Waals surface area contributed by atoms with E-state index in [0.717, 1.165) is 74.9 Å². The van der Waals surface area contributed by atoms with E-state index < -0.39 is 0 Å². The number of benzene rings is 2. The molecule has 0 amide bonds.